The predicted molar refractivity (Wildman–Crippen MR) is 68.8 cm³/mol. The largest absolute Gasteiger partial charge is 0.327 e. The van der Waals surface area contributed by atoms with Crippen LogP contribution in [0.4, 0.5) is 0 Å². The number of hydrogen-bond donors (Lipinski definition) is 1. The number of terminal acetylenes is 1. The van der Waals surface area contributed by atoms with Gasteiger partial charge in [-0.15, -0.1) is 12.3 Å². The van der Waals surface area contributed by atoms with Gasteiger partial charge >= 0.3 is 0 Å². The first-order valence-corrected chi connectivity index (χ1v) is 7.10. The second-order valence-corrected chi connectivity index (χ2v) is 6.86. The quantitative estimate of drug-likeness (QED) is 0.752. The molecule has 0 aromatic carbocycles. The van der Waals surface area contributed by atoms with Gasteiger partial charge in [0.2, 0.25) is 0 Å². The second kappa shape index (κ2) is 5.95. The van der Waals surface area contributed by atoms with E-state index >= 15 is 0 Å². The van der Waals surface area contributed by atoms with Crippen LogP contribution in [0.5, 0.6) is 0 Å². The molecule has 0 aromatic rings. The Balaban J connectivity index is 2.35. The van der Waals surface area contributed by atoms with Crippen LogP contribution >= 0.6 is 23.5 Å². The molecule has 0 radical (unpaired) electrons. The van der Waals surface area contributed by atoms with Crippen molar-refractivity contribution in [1.82, 2.24) is 0 Å². The third-order valence-electron chi connectivity index (χ3n) is 2.67. The first-order chi connectivity index (χ1) is 6.65. The van der Waals surface area contributed by atoms with E-state index in [4.69, 9.17) is 12.2 Å². The molecular formula is C11H19NS2. The molecule has 1 aliphatic rings. The molecule has 1 fully saturated rings. The van der Waals surface area contributed by atoms with E-state index in [0.717, 1.165) is 23.3 Å². The molecule has 2 N–H and O–H groups in total. The Hall–Kier alpha value is 0.220. The van der Waals surface area contributed by atoms with Gasteiger partial charge in [-0.05, 0) is 6.42 Å². The van der Waals surface area contributed by atoms with E-state index in [1.165, 1.54) is 5.75 Å². The maximum absolute atomic E-state index is 6.11. The van der Waals surface area contributed by atoms with E-state index in [-0.39, 0.29) is 6.04 Å². The van der Waals surface area contributed by atoms with Crippen molar-refractivity contribution in [2.24, 2.45) is 5.73 Å². The normalized spacial score (nSPS) is 34.9. The summed E-state index contributed by atoms with van der Waals surface area (Å²) in [6.07, 6.45) is 7.02. The molecule has 0 aromatic heterocycles. The van der Waals surface area contributed by atoms with Gasteiger partial charge in [0.25, 0.3) is 0 Å². The van der Waals surface area contributed by atoms with E-state index in [1.54, 1.807) is 0 Å². The van der Waals surface area contributed by atoms with Gasteiger partial charge in [-0.1, -0.05) is 13.8 Å². The second-order valence-electron chi connectivity index (χ2n) is 3.82. The van der Waals surface area contributed by atoms with Crippen LogP contribution in [0.1, 0.15) is 26.7 Å². The zero-order valence-electron chi connectivity index (χ0n) is 8.90. The van der Waals surface area contributed by atoms with E-state index in [2.05, 4.69) is 19.8 Å². The van der Waals surface area contributed by atoms with Crippen molar-refractivity contribution < 1.29 is 0 Å². The van der Waals surface area contributed by atoms with Gasteiger partial charge in [-0.3, -0.25) is 0 Å². The van der Waals surface area contributed by atoms with Crippen molar-refractivity contribution in [3.05, 3.63) is 0 Å². The Bertz CT molecular complexity index is 212. The van der Waals surface area contributed by atoms with Crippen LogP contribution in [0.2, 0.25) is 0 Å². The number of thioether (sulfide) groups is 2. The summed E-state index contributed by atoms with van der Waals surface area (Å²) in [7, 11) is 0. The van der Waals surface area contributed by atoms with Gasteiger partial charge in [-0.25, -0.2) is 0 Å². The van der Waals surface area contributed by atoms with E-state index in [1.807, 2.05) is 23.5 Å². The molecule has 1 aliphatic heterocycles. The summed E-state index contributed by atoms with van der Waals surface area (Å²) in [6.45, 7) is 4.59. The molecule has 0 aliphatic carbocycles. The molecule has 1 heterocycles. The van der Waals surface area contributed by atoms with Crippen LogP contribution in [-0.2, 0) is 0 Å². The number of hydrogen-bond acceptors (Lipinski definition) is 3. The van der Waals surface area contributed by atoms with E-state index in [0.29, 0.717) is 5.25 Å². The summed E-state index contributed by atoms with van der Waals surface area (Å²) in [5.74, 6) is 3.84. The van der Waals surface area contributed by atoms with Gasteiger partial charge < -0.3 is 5.73 Å². The van der Waals surface area contributed by atoms with Crippen LogP contribution < -0.4 is 5.73 Å². The van der Waals surface area contributed by atoms with Crippen molar-refractivity contribution >= 4 is 23.5 Å². The van der Waals surface area contributed by atoms with Crippen LogP contribution in [0.3, 0.4) is 0 Å². The third-order valence-corrected chi connectivity index (χ3v) is 6.25. The van der Waals surface area contributed by atoms with Crippen LogP contribution in [0.25, 0.3) is 0 Å². The van der Waals surface area contributed by atoms with Crippen molar-refractivity contribution in [1.29, 1.82) is 0 Å². The van der Waals surface area contributed by atoms with Gasteiger partial charge in [0.15, 0.2) is 0 Å². The fraction of sp³-hybridized carbons (Fsp3) is 0.818. The molecule has 4 atom stereocenters. The zero-order chi connectivity index (χ0) is 10.6. The lowest BCUT2D eigenvalue weighted by molar-refractivity contribution is 0.618. The summed E-state index contributed by atoms with van der Waals surface area (Å²) in [4.78, 5) is 0. The Morgan fingerprint density at radius 2 is 2.21 bits per heavy atom. The van der Waals surface area contributed by atoms with Crippen LogP contribution in [0, 0.1) is 12.3 Å². The SMILES string of the molecule is C#CCCC(N)C1CSC(C)C(C)S1. The van der Waals surface area contributed by atoms with Crippen molar-refractivity contribution in [3.8, 4) is 12.3 Å². The van der Waals surface area contributed by atoms with Gasteiger partial charge in [0.05, 0.1) is 0 Å². The minimum atomic E-state index is 0.276. The average molecular weight is 229 g/mol. The van der Waals surface area contributed by atoms with Crippen molar-refractivity contribution in [2.45, 2.75) is 48.5 Å². The van der Waals surface area contributed by atoms with Crippen LogP contribution in [-0.4, -0.2) is 27.5 Å². The van der Waals surface area contributed by atoms with Crippen LogP contribution in [0.15, 0.2) is 0 Å². The smallest absolute Gasteiger partial charge is 0.0293 e. The highest BCUT2D eigenvalue weighted by Gasteiger charge is 2.28. The summed E-state index contributed by atoms with van der Waals surface area (Å²) >= 11 is 4.08. The number of rotatable bonds is 3. The highest BCUT2D eigenvalue weighted by atomic mass is 32.2. The first-order valence-electron chi connectivity index (χ1n) is 5.11. The summed E-state index contributed by atoms with van der Waals surface area (Å²) < 4.78 is 0. The molecule has 14 heavy (non-hydrogen) atoms. The molecule has 1 nitrogen and oxygen atoms in total. The molecular weight excluding hydrogens is 210 g/mol. The Morgan fingerprint density at radius 3 is 2.79 bits per heavy atom. The molecule has 0 bridgehead atoms. The lowest BCUT2D eigenvalue weighted by Gasteiger charge is -2.34. The molecule has 1 rings (SSSR count). The maximum atomic E-state index is 6.11. The van der Waals surface area contributed by atoms with E-state index in [9.17, 15) is 0 Å². The molecule has 1 saturated heterocycles. The summed E-state index contributed by atoms with van der Waals surface area (Å²) in [5, 5.41) is 2.08. The highest BCUT2D eigenvalue weighted by molar-refractivity contribution is 8.07. The fourth-order valence-electron chi connectivity index (χ4n) is 1.47. The zero-order valence-corrected chi connectivity index (χ0v) is 10.5. The summed E-state index contributed by atoms with van der Waals surface area (Å²) in [6, 6.07) is 0.276. The minimum Gasteiger partial charge on any atom is -0.327 e. The topological polar surface area (TPSA) is 26.0 Å². The first kappa shape index (κ1) is 12.3. The Kier molecular flexibility index (Phi) is 5.22. The fourth-order valence-corrected chi connectivity index (χ4v) is 4.57. The maximum Gasteiger partial charge on any atom is 0.0293 e. The van der Waals surface area contributed by atoms with Crippen molar-refractivity contribution in [3.63, 3.8) is 0 Å². The number of nitrogens with two attached hydrogens (primary N) is 1. The van der Waals surface area contributed by atoms with Crippen molar-refractivity contribution in [2.75, 3.05) is 5.75 Å². The Labute approximate surface area is 96.0 Å². The summed E-state index contributed by atoms with van der Waals surface area (Å²) in [5.41, 5.74) is 6.11. The standard InChI is InChI=1S/C11H19NS2/c1-4-5-6-10(12)11-7-13-8(2)9(3)14-11/h1,8-11H,5-7,12H2,2-3H3. The lowest BCUT2D eigenvalue weighted by atomic mass is 10.1. The molecule has 0 saturated carbocycles. The van der Waals surface area contributed by atoms with Gasteiger partial charge in [0, 0.05) is 34.0 Å². The predicted octanol–water partition coefficient (Wildman–Crippen LogP) is 2.35. The van der Waals surface area contributed by atoms with Gasteiger partial charge in [0.1, 0.15) is 0 Å². The average Bonchev–Trinajstić information content (AvgIpc) is 2.18. The molecule has 0 spiro atoms. The molecule has 80 valence electrons. The van der Waals surface area contributed by atoms with Gasteiger partial charge in [-0.2, -0.15) is 23.5 Å². The molecule has 4 unspecified atom stereocenters. The molecule has 3 heteroatoms. The molecule has 0 amide bonds. The van der Waals surface area contributed by atoms with E-state index < -0.39 is 0 Å². The highest BCUT2D eigenvalue weighted by Crippen LogP contribution is 2.37. The monoisotopic (exact) mass is 229 g/mol. The lowest BCUT2D eigenvalue weighted by Crippen LogP contribution is -2.39. The Morgan fingerprint density at radius 1 is 1.50 bits per heavy atom. The third kappa shape index (κ3) is 3.42. The minimum absolute atomic E-state index is 0.276.